The maximum Gasteiger partial charge on any atom is 0.243 e. The van der Waals surface area contributed by atoms with Crippen LogP contribution in [-0.2, 0) is 16.6 Å². The van der Waals surface area contributed by atoms with Gasteiger partial charge in [-0.1, -0.05) is 40.9 Å². The van der Waals surface area contributed by atoms with Gasteiger partial charge in [-0.2, -0.15) is 4.31 Å². The molecule has 1 heterocycles. The molecule has 0 aromatic heterocycles. The van der Waals surface area contributed by atoms with Gasteiger partial charge in [0.1, 0.15) is 0 Å². The highest BCUT2D eigenvalue weighted by Crippen LogP contribution is 2.27. The van der Waals surface area contributed by atoms with E-state index in [1.54, 1.807) is 12.1 Å². The molecule has 1 fully saturated rings. The molecule has 0 N–H and O–H groups in total. The molecule has 25 heavy (non-hydrogen) atoms. The molecule has 4 nitrogen and oxygen atoms in total. The number of hydrogen-bond donors (Lipinski definition) is 0. The Kier molecular flexibility index (Phi) is 5.93. The Morgan fingerprint density at radius 1 is 0.840 bits per heavy atom. The molecule has 0 radical (unpaired) electrons. The van der Waals surface area contributed by atoms with E-state index in [1.165, 1.54) is 16.4 Å². The van der Waals surface area contributed by atoms with Crippen LogP contribution in [0.2, 0.25) is 15.1 Å². The molecule has 2 aromatic carbocycles. The molecule has 0 aliphatic carbocycles. The van der Waals surface area contributed by atoms with Crippen LogP contribution in [0, 0.1) is 0 Å². The monoisotopic (exact) mass is 418 g/mol. The fourth-order valence-electron chi connectivity index (χ4n) is 2.79. The van der Waals surface area contributed by atoms with Crippen LogP contribution in [0.15, 0.2) is 47.4 Å². The Morgan fingerprint density at radius 2 is 1.40 bits per heavy atom. The number of halogens is 3. The standard InChI is InChI=1S/C17H17Cl3N2O2S/c18-13-4-6-14(7-5-13)25(23,24)22-10-8-21(9-11-22)12-15-16(19)2-1-3-17(15)20/h1-7H,8-12H2. The number of sulfonamides is 1. The van der Waals surface area contributed by atoms with E-state index in [0.29, 0.717) is 47.8 Å². The number of hydrogen-bond acceptors (Lipinski definition) is 3. The van der Waals surface area contributed by atoms with Gasteiger partial charge in [0.05, 0.1) is 4.90 Å². The Labute approximate surface area is 162 Å². The fourth-order valence-corrected chi connectivity index (χ4v) is 4.86. The summed E-state index contributed by atoms with van der Waals surface area (Å²) < 4.78 is 26.9. The molecule has 134 valence electrons. The molecule has 0 atom stereocenters. The molecular formula is C17H17Cl3N2O2S. The molecule has 1 aliphatic heterocycles. The smallest absolute Gasteiger partial charge is 0.243 e. The topological polar surface area (TPSA) is 40.6 Å². The van der Waals surface area contributed by atoms with E-state index in [4.69, 9.17) is 34.8 Å². The van der Waals surface area contributed by atoms with Crippen molar-refractivity contribution in [1.29, 1.82) is 0 Å². The van der Waals surface area contributed by atoms with Crippen molar-refractivity contribution in [2.75, 3.05) is 26.2 Å². The summed E-state index contributed by atoms with van der Waals surface area (Å²) in [5.41, 5.74) is 0.875. The van der Waals surface area contributed by atoms with E-state index in [9.17, 15) is 8.42 Å². The summed E-state index contributed by atoms with van der Waals surface area (Å²) in [6, 6.07) is 11.7. The second kappa shape index (κ2) is 7.82. The fraction of sp³-hybridized carbons (Fsp3) is 0.294. The Bertz CT molecular complexity index is 828. The number of benzene rings is 2. The van der Waals surface area contributed by atoms with Crippen molar-refractivity contribution in [2.45, 2.75) is 11.4 Å². The normalized spacial score (nSPS) is 16.9. The number of nitrogens with zero attached hydrogens (tertiary/aromatic N) is 2. The van der Waals surface area contributed by atoms with Gasteiger partial charge >= 0.3 is 0 Å². The lowest BCUT2D eigenvalue weighted by molar-refractivity contribution is 0.181. The van der Waals surface area contributed by atoms with Crippen LogP contribution in [0.25, 0.3) is 0 Å². The van der Waals surface area contributed by atoms with Gasteiger partial charge in [-0.15, -0.1) is 0 Å². The summed E-state index contributed by atoms with van der Waals surface area (Å²) in [4.78, 5) is 2.42. The first-order valence-corrected chi connectivity index (χ1v) is 10.4. The van der Waals surface area contributed by atoms with Gasteiger partial charge in [0, 0.05) is 53.4 Å². The summed E-state index contributed by atoms with van der Waals surface area (Å²) in [6.07, 6.45) is 0. The maximum absolute atomic E-state index is 12.7. The van der Waals surface area contributed by atoms with Crippen LogP contribution >= 0.6 is 34.8 Å². The quantitative estimate of drug-likeness (QED) is 0.747. The predicted molar refractivity (Wildman–Crippen MR) is 102 cm³/mol. The van der Waals surface area contributed by atoms with Gasteiger partial charge in [0.15, 0.2) is 0 Å². The average molecular weight is 420 g/mol. The van der Waals surface area contributed by atoms with Gasteiger partial charge in [-0.05, 0) is 36.4 Å². The molecule has 0 bridgehead atoms. The lowest BCUT2D eigenvalue weighted by atomic mass is 10.2. The summed E-state index contributed by atoms with van der Waals surface area (Å²) in [5, 5.41) is 1.77. The molecule has 1 saturated heterocycles. The predicted octanol–water partition coefficient (Wildman–Crippen LogP) is 4.15. The summed E-state index contributed by atoms with van der Waals surface area (Å²) in [5.74, 6) is 0. The first-order valence-electron chi connectivity index (χ1n) is 7.79. The van der Waals surface area contributed by atoms with Crippen molar-refractivity contribution in [3.63, 3.8) is 0 Å². The Morgan fingerprint density at radius 3 is 1.96 bits per heavy atom. The minimum atomic E-state index is -3.50. The average Bonchev–Trinajstić information content (AvgIpc) is 2.59. The number of rotatable bonds is 4. The lowest BCUT2D eigenvalue weighted by Crippen LogP contribution is -2.48. The van der Waals surface area contributed by atoms with E-state index in [1.807, 2.05) is 18.2 Å². The van der Waals surface area contributed by atoms with E-state index < -0.39 is 10.0 Å². The summed E-state index contributed by atoms with van der Waals surface area (Å²) in [6.45, 7) is 2.69. The zero-order chi connectivity index (χ0) is 18.0. The number of piperazine rings is 1. The van der Waals surface area contributed by atoms with Crippen LogP contribution in [0.4, 0.5) is 0 Å². The highest BCUT2D eigenvalue weighted by molar-refractivity contribution is 7.89. The van der Waals surface area contributed by atoms with Gasteiger partial charge in [-0.25, -0.2) is 8.42 Å². The third-order valence-corrected chi connectivity index (χ3v) is 7.10. The second-order valence-corrected chi connectivity index (χ2v) is 9.02. The van der Waals surface area contributed by atoms with Crippen molar-refractivity contribution in [3.8, 4) is 0 Å². The van der Waals surface area contributed by atoms with E-state index >= 15 is 0 Å². The highest BCUT2D eigenvalue weighted by Gasteiger charge is 2.28. The molecule has 2 aromatic rings. The highest BCUT2D eigenvalue weighted by atomic mass is 35.5. The van der Waals surface area contributed by atoms with Gasteiger partial charge in [0.25, 0.3) is 0 Å². The van der Waals surface area contributed by atoms with Gasteiger partial charge in [0.2, 0.25) is 10.0 Å². The summed E-state index contributed by atoms with van der Waals surface area (Å²) >= 11 is 18.3. The van der Waals surface area contributed by atoms with E-state index in [-0.39, 0.29) is 4.90 Å². The van der Waals surface area contributed by atoms with Crippen molar-refractivity contribution in [1.82, 2.24) is 9.21 Å². The maximum atomic E-state index is 12.7. The first kappa shape index (κ1) is 19.0. The van der Waals surface area contributed by atoms with Crippen molar-refractivity contribution in [3.05, 3.63) is 63.1 Å². The molecular weight excluding hydrogens is 403 g/mol. The van der Waals surface area contributed by atoms with Gasteiger partial charge in [-0.3, -0.25) is 4.90 Å². The van der Waals surface area contributed by atoms with Crippen LogP contribution in [0.5, 0.6) is 0 Å². The third kappa shape index (κ3) is 4.30. The minimum Gasteiger partial charge on any atom is -0.296 e. The van der Waals surface area contributed by atoms with Crippen LogP contribution in [-0.4, -0.2) is 43.8 Å². The molecule has 3 rings (SSSR count). The molecule has 8 heteroatoms. The molecule has 0 spiro atoms. The zero-order valence-corrected chi connectivity index (χ0v) is 16.4. The first-order chi connectivity index (χ1) is 11.9. The molecule has 0 unspecified atom stereocenters. The largest absolute Gasteiger partial charge is 0.296 e. The van der Waals surface area contributed by atoms with E-state index in [2.05, 4.69) is 4.90 Å². The minimum absolute atomic E-state index is 0.263. The summed E-state index contributed by atoms with van der Waals surface area (Å²) in [7, 11) is -3.50. The zero-order valence-electron chi connectivity index (χ0n) is 13.3. The van der Waals surface area contributed by atoms with Crippen LogP contribution < -0.4 is 0 Å². The third-order valence-electron chi connectivity index (χ3n) is 4.23. The molecule has 0 saturated carbocycles. The lowest BCUT2D eigenvalue weighted by Gasteiger charge is -2.34. The van der Waals surface area contributed by atoms with Crippen molar-refractivity contribution >= 4 is 44.8 Å². The van der Waals surface area contributed by atoms with E-state index in [0.717, 1.165) is 5.56 Å². The SMILES string of the molecule is O=S(=O)(c1ccc(Cl)cc1)N1CCN(Cc2c(Cl)cccc2Cl)CC1. The van der Waals surface area contributed by atoms with Crippen LogP contribution in [0.1, 0.15) is 5.56 Å². The Hall–Kier alpha value is -0.820. The van der Waals surface area contributed by atoms with Crippen LogP contribution in [0.3, 0.4) is 0 Å². The molecule has 0 amide bonds. The van der Waals surface area contributed by atoms with Crippen molar-refractivity contribution in [2.24, 2.45) is 0 Å². The van der Waals surface area contributed by atoms with Gasteiger partial charge < -0.3 is 0 Å². The molecule has 1 aliphatic rings. The second-order valence-electron chi connectivity index (χ2n) is 5.83. The van der Waals surface area contributed by atoms with Crippen molar-refractivity contribution < 1.29 is 8.42 Å². The Balaban J connectivity index is 1.66.